The number of hydrogen-bond donors (Lipinski definition) is 7. The fourth-order valence-electron chi connectivity index (χ4n) is 1.58. The summed E-state index contributed by atoms with van der Waals surface area (Å²) in [5.41, 5.74) is 0. The Morgan fingerprint density at radius 3 is 1.08 bits per heavy atom. The molecule has 0 radical (unpaired) electrons. The van der Waals surface area contributed by atoms with Crippen LogP contribution in [0.25, 0.3) is 0 Å². The van der Waals surface area contributed by atoms with E-state index in [1.54, 1.807) is 20.8 Å². The van der Waals surface area contributed by atoms with Crippen LogP contribution in [0.3, 0.4) is 0 Å². The number of ether oxygens (including phenoxy) is 1. The molecule has 160 valence electrons. The molecule has 0 aliphatic heterocycles. The molecule has 0 amide bonds. The van der Waals surface area contributed by atoms with Crippen molar-refractivity contribution < 1.29 is 62.2 Å². The predicted molar refractivity (Wildman–Crippen MR) is 95.2 cm³/mol. The molecule has 0 saturated heterocycles. The van der Waals surface area contributed by atoms with E-state index in [0.717, 1.165) is 0 Å². The van der Waals surface area contributed by atoms with E-state index in [1.807, 2.05) is 4.90 Å². The van der Waals surface area contributed by atoms with E-state index >= 15 is 0 Å². The van der Waals surface area contributed by atoms with E-state index in [0.29, 0.717) is 32.8 Å². The third-order valence-electron chi connectivity index (χ3n) is 2.30. The molecule has 9 nitrogen and oxygen atoms in total. The molecule has 4 atom stereocenters. The zero-order valence-electron chi connectivity index (χ0n) is 16.5. The average molecular weight is 421 g/mol. The molecular weight excluding hydrogens is 382 g/mol. The van der Waals surface area contributed by atoms with Gasteiger partial charge in [-0.15, -0.1) is 0 Å². The van der Waals surface area contributed by atoms with E-state index in [4.69, 9.17) is 35.7 Å². The first-order valence-electron chi connectivity index (χ1n) is 8.45. The molecule has 0 rings (SSSR count). The van der Waals surface area contributed by atoms with Crippen LogP contribution in [0.2, 0.25) is 0 Å². The van der Waals surface area contributed by atoms with Crippen molar-refractivity contribution in [1.29, 1.82) is 0 Å². The van der Waals surface area contributed by atoms with Gasteiger partial charge >= 0.3 is 0 Å². The van der Waals surface area contributed by atoms with Crippen molar-refractivity contribution in [2.45, 2.75) is 52.1 Å². The molecular formula is C16H39NO8Ti. The quantitative estimate of drug-likeness (QED) is 0.145. The molecule has 0 aliphatic carbocycles. The van der Waals surface area contributed by atoms with Crippen LogP contribution >= 0.6 is 0 Å². The van der Waals surface area contributed by atoms with Crippen molar-refractivity contribution in [2.24, 2.45) is 0 Å². The van der Waals surface area contributed by atoms with Gasteiger partial charge in [0.1, 0.15) is 0 Å². The van der Waals surface area contributed by atoms with Gasteiger partial charge in [0.05, 0.1) is 57.5 Å². The molecule has 0 aromatic heterocycles. The minimum Gasteiger partial charge on any atom is -0.394 e. The molecule has 26 heavy (non-hydrogen) atoms. The molecule has 7 N–H and O–H groups in total. The fraction of sp³-hybridized carbons (Fsp3) is 1.00. The topological polar surface area (TPSA) is 154 Å². The smallest absolute Gasteiger partial charge is 0.0742 e. The van der Waals surface area contributed by atoms with E-state index in [-0.39, 0.29) is 41.5 Å². The fourth-order valence-corrected chi connectivity index (χ4v) is 1.58. The summed E-state index contributed by atoms with van der Waals surface area (Å²) < 4.78 is 4.63. The second-order valence-corrected chi connectivity index (χ2v) is 5.86. The molecule has 0 saturated carbocycles. The summed E-state index contributed by atoms with van der Waals surface area (Å²) in [4.78, 5) is 1.85. The zero-order chi connectivity index (χ0) is 20.3. The maximum absolute atomic E-state index is 9.14. The van der Waals surface area contributed by atoms with Crippen molar-refractivity contribution in [3.8, 4) is 0 Å². The van der Waals surface area contributed by atoms with Gasteiger partial charge in [0.15, 0.2) is 0 Å². The SMILES string of the molecule is CC(O)CN(CC(C)O)CC(C)O.CC(O)CO.OCCOCCO.[Ti]. The number of nitrogens with zero attached hydrogens (tertiary/aromatic N) is 1. The van der Waals surface area contributed by atoms with Gasteiger partial charge < -0.3 is 40.5 Å². The van der Waals surface area contributed by atoms with E-state index < -0.39 is 24.4 Å². The van der Waals surface area contributed by atoms with Gasteiger partial charge in [-0.3, -0.25) is 4.90 Å². The van der Waals surface area contributed by atoms with Crippen LogP contribution in [0.5, 0.6) is 0 Å². The number of aliphatic hydroxyl groups is 7. The van der Waals surface area contributed by atoms with Gasteiger partial charge in [0.2, 0.25) is 0 Å². The Morgan fingerprint density at radius 2 is 0.923 bits per heavy atom. The van der Waals surface area contributed by atoms with Gasteiger partial charge in [-0.2, -0.15) is 0 Å². The molecule has 0 aliphatic rings. The van der Waals surface area contributed by atoms with Crippen LogP contribution in [0.4, 0.5) is 0 Å². The summed E-state index contributed by atoms with van der Waals surface area (Å²) >= 11 is 0. The Balaban J connectivity index is -0.000000157. The van der Waals surface area contributed by atoms with Gasteiger partial charge in [-0.25, -0.2) is 0 Å². The van der Waals surface area contributed by atoms with Gasteiger partial charge in [-0.05, 0) is 27.7 Å². The molecule has 0 aromatic carbocycles. The van der Waals surface area contributed by atoms with E-state index in [1.165, 1.54) is 6.92 Å². The Labute approximate surface area is 172 Å². The monoisotopic (exact) mass is 421 g/mol. The number of aliphatic hydroxyl groups excluding tert-OH is 7. The van der Waals surface area contributed by atoms with E-state index in [2.05, 4.69) is 4.74 Å². The first kappa shape index (κ1) is 33.9. The Bertz CT molecular complexity index is 219. The largest absolute Gasteiger partial charge is 0.394 e. The van der Waals surface area contributed by atoms with Crippen LogP contribution < -0.4 is 0 Å². The Morgan fingerprint density at radius 1 is 0.654 bits per heavy atom. The second kappa shape index (κ2) is 25.4. The third-order valence-corrected chi connectivity index (χ3v) is 2.30. The van der Waals surface area contributed by atoms with Gasteiger partial charge in [-0.1, -0.05) is 0 Å². The van der Waals surface area contributed by atoms with Crippen molar-refractivity contribution in [2.75, 3.05) is 52.7 Å². The second-order valence-electron chi connectivity index (χ2n) is 5.86. The van der Waals surface area contributed by atoms with Crippen LogP contribution in [-0.4, -0.2) is 118 Å². The summed E-state index contributed by atoms with van der Waals surface area (Å²) in [6.45, 7) is 8.60. The normalized spacial score (nSPS) is 14.8. The summed E-state index contributed by atoms with van der Waals surface area (Å²) in [6.07, 6.45) is -1.86. The number of rotatable bonds is 11. The summed E-state index contributed by atoms with van der Waals surface area (Å²) in [7, 11) is 0. The van der Waals surface area contributed by atoms with Crippen LogP contribution in [0.1, 0.15) is 27.7 Å². The summed E-state index contributed by atoms with van der Waals surface area (Å²) in [5, 5.41) is 59.6. The average Bonchev–Trinajstić information content (AvgIpc) is 2.47. The Kier molecular flexibility index (Phi) is 33.1. The first-order valence-corrected chi connectivity index (χ1v) is 8.45. The van der Waals surface area contributed by atoms with Crippen LogP contribution in [0.15, 0.2) is 0 Å². The number of hydrogen-bond acceptors (Lipinski definition) is 9. The molecule has 0 heterocycles. The van der Waals surface area contributed by atoms with Crippen molar-refractivity contribution in [3.05, 3.63) is 0 Å². The maximum Gasteiger partial charge on any atom is 0.0742 e. The molecule has 0 aromatic rings. The molecule has 0 spiro atoms. The predicted octanol–water partition coefficient (Wildman–Crippen LogP) is -2.22. The van der Waals surface area contributed by atoms with Crippen molar-refractivity contribution in [1.82, 2.24) is 4.90 Å². The minimum atomic E-state index is -0.560. The van der Waals surface area contributed by atoms with E-state index in [9.17, 15) is 0 Å². The Hall–Kier alpha value is 0.354. The zero-order valence-corrected chi connectivity index (χ0v) is 18.0. The van der Waals surface area contributed by atoms with Crippen LogP contribution in [0, 0.1) is 0 Å². The molecule has 10 heteroatoms. The van der Waals surface area contributed by atoms with Crippen LogP contribution in [-0.2, 0) is 26.5 Å². The van der Waals surface area contributed by atoms with Gasteiger partial charge in [0.25, 0.3) is 0 Å². The standard InChI is InChI=1S/C9H21NO3.C4H10O3.C3H8O2.Ti/c1-7(11)4-10(5-8(2)12)6-9(3)13;5-1-3-7-4-2-6;1-3(5)2-4;/h7-9,11-13H,4-6H2,1-3H3;5-6H,1-4H2;3-5H,2H2,1H3;. The molecule has 0 fully saturated rings. The first-order chi connectivity index (χ1) is 11.6. The molecule has 4 unspecified atom stereocenters. The summed E-state index contributed by atoms with van der Waals surface area (Å²) in [6, 6.07) is 0. The third kappa shape index (κ3) is 39.4. The van der Waals surface area contributed by atoms with Crippen molar-refractivity contribution >= 4 is 0 Å². The molecule has 0 bridgehead atoms. The summed E-state index contributed by atoms with van der Waals surface area (Å²) in [5.74, 6) is 0. The van der Waals surface area contributed by atoms with Crippen molar-refractivity contribution in [3.63, 3.8) is 0 Å². The maximum atomic E-state index is 9.14. The minimum absolute atomic E-state index is 0. The van der Waals surface area contributed by atoms with Gasteiger partial charge in [0, 0.05) is 41.4 Å².